The highest BCUT2D eigenvalue weighted by Crippen LogP contribution is 2.26. The van der Waals surface area contributed by atoms with Crippen molar-refractivity contribution in [3.05, 3.63) is 18.2 Å². The van der Waals surface area contributed by atoms with Gasteiger partial charge in [0, 0.05) is 18.4 Å². The van der Waals surface area contributed by atoms with Crippen LogP contribution in [0.5, 0.6) is 5.75 Å². The van der Waals surface area contributed by atoms with E-state index in [2.05, 4.69) is 9.88 Å². The van der Waals surface area contributed by atoms with Crippen molar-refractivity contribution in [3.8, 4) is 5.75 Å². The highest BCUT2D eigenvalue weighted by Gasteiger charge is 2.11. The molecule has 1 fully saturated rings. The zero-order chi connectivity index (χ0) is 13.8. The predicted octanol–water partition coefficient (Wildman–Crippen LogP) is 3.84. The van der Waals surface area contributed by atoms with Gasteiger partial charge < -0.3 is 14.1 Å². The summed E-state index contributed by atoms with van der Waals surface area (Å²) in [6.45, 7) is 3.60. The van der Waals surface area contributed by atoms with Crippen LogP contribution in [0.3, 0.4) is 0 Å². The molecule has 0 saturated carbocycles. The molecule has 1 aromatic heterocycles. The topological polar surface area (TPSA) is 38.5 Å². The van der Waals surface area contributed by atoms with E-state index in [9.17, 15) is 0 Å². The second-order valence-corrected chi connectivity index (χ2v) is 6.11. The van der Waals surface area contributed by atoms with Crippen LogP contribution in [0.25, 0.3) is 11.1 Å². The van der Waals surface area contributed by atoms with E-state index in [1.807, 2.05) is 18.2 Å². The smallest absolute Gasteiger partial charge is 0.256 e. The number of rotatable bonds is 5. The third-order valence-electron chi connectivity index (χ3n) is 3.66. The van der Waals surface area contributed by atoms with Gasteiger partial charge in [0.1, 0.15) is 11.3 Å². The van der Waals surface area contributed by atoms with Crippen molar-refractivity contribution in [2.75, 3.05) is 32.5 Å². The summed E-state index contributed by atoms with van der Waals surface area (Å²) in [6.07, 6.45) is 4.07. The van der Waals surface area contributed by atoms with Gasteiger partial charge in [-0.25, -0.2) is 4.98 Å². The molecule has 2 aromatic rings. The molecule has 0 unspecified atom stereocenters. The molecule has 1 aliphatic rings. The summed E-state index contributed by atoms with van der Waals surface area (Å²) < 4.78 is 10.9. The van der Waals surface area contributed by atoms with Crippen LogP contribution in [0.15, 0.2) is 27.8 Å². The van der Waals surface area contributed by atoms with Crippen molar-refractivity contribution in [3.63, 3.8) is 0 Å². The van der Waals surface area contributed by atoms with E-state index in [0.717, 1.165) is 34.4 Å². The van der Waals surface area contributed by atoms with Gasteiger partial charge in [0.2, 0.25) is 0 Å². The zero-order valence-corrected chi connectivity index (χ0v) is 13.8. The average Bonchev–Trinajstić information content (AvgIpc) is 2.90. The number of hydrogen-bond donors (Lipinski definition) is 0. The second-order valence-electron chi connectivity index (χ2n) is 5.06. The number of likely N-dealkylation sites (tertiary alicyclic amines) is 1. The van der Waals surface area contributed by atoms with Gasteiger partial charge in [-0.1, -0.05) is 18.2 Å². The average molecular weight is 329 g/mol. The number of piperidine rings is 1. The van der Waals surface area contributed by atoms with Crippen molar-refractivity contribution in [2.45, 2.75) is 24.5 Å². The first kappa shape index (κ1) is 16.5. The lowest BCUT2D eigenvalue weighted by molar-refractivity contribution is 0.242. The lowest BCUT2D eigenvalue weighted by atomic mass is 10.1. The highest BCUT2D eigenvalue weighted by molar-refractivity contribution is 7.99. The predicted molar refractivity (Wildman–Crippen MR) is 88.8 cm³/mol. The fraction of sp³-hybridized carbons (Fsp3) is 0.533. The summed E-state index contributed by atoms with van der Waals surface area (Å²) in [5.41, 5.74) is 1.69. The Balaban J connectivity index is 0.00000161. The van der Waals surface area contributed by atoms with Crippen LogP contribution < -0.4 is 4.74 Å². The third kappa shape index (κ3) is 4.28. The Hall–Kier alpha value is -0.910. The number of halogens is 1. The number of ether oxygens (including phenoxy) is 1. The second kappa shape index (κ2) is 7.92. The van der Waals surface area contributed by atoms with E-state index in [1.54, 1.807) is 18.9 Å². The lowest BCUT2D eigenvalue weighted by Crippen LogP contribution is -2.31. The van der Waals surface area contributed by atoms with Gasteiger partial charge in [0.25, 0.3) is 5.22 Å². The number of aromatic nitrogens is 1. The summed E-state index contributed by atoms with van der Waals surface area (Å²) >= 11 is 1.69. The first-order chi connectivity index (χ1) is 9.85. The molecule has 0 atom stereocenters. The molecule has 0 spiro atoms. The Kier molecular flexibility index (Phi) is 6.21. The molecule has 0 radical (unpaired) electrons. The van der Waals surface area contributed by atoms with Crippen molar-refractivity contribution in [1.82, 2.24) is 9.88 Å². The Labute approximate surface area is 135 Å². The van der Waals surface area contributed by atoms with Crippen LogP contribution in [-0.4, -0.2) is 42.4 Å². The molecule has 4 nitrogen and oxygen atoms in total. The minimum absolute atomic E-state index is 0. The normalized spacial score (nSPS) is 15.9. The van der Waals surface area contributed by atoms with Crippen molar-refractivity contribution < 1.29 is 9.15 Å². The molecule has 3 rings (SSSR count). The maximum absolute atomic E-state index is 5.75. The minimum Gasteiger partial charge on any atom is -0.497 e. The zero-order valence-electron chi connectivity index (χ0n) is 12.2. The van der Waals surface area contributed by atoms with Crippen LogP contribution in [-0.2, 0) is 0 Å². The fourth-order valence-corrected chi connectivity index (χ4v) is 3.35. The molecule has 116 valence electrons. The number of fused-ring (bicyclic) bond motifs is 1. The van der Waals surface area contributed by atoms with Gasteiger partial charge in [0.05, 0.1) is 7.11 Å². The summed E-state index contributed by atoms with van der Waals surface area (Å²) in [6, 6.07) is 5.73. The highest BCUT2D eigenvalue weighted by atomic mass is 35.5. The third-order valence-corrected chi connectivity index (χ3v) is 4.47. The van der Waals surface area contributed by atoms with Crippen LogP contribution in [0.2, 0.25) is 0 Å². The number of oxazole rings is 1. The monoisotopic (exact) mass is 328 g/mol. The Morgan fingerprint density at radius 3 is 2.86 bits per heavy atom. The molecule has 1 saturated heterocycles. The molecule has 0 amide bonds. The van der Waals surface area contributed by atoms with Crippen LogP contribution in [0, 0.1) is 0 Å². The van der Waals surface area contributed by atoms with E-state index >= 15 is 0 Å². The first-order valence-corrected chi connectivity index (χ1v) is 8.13. The molecule has 0 bridgehead atoms. The first-order valence-electron chi connectivity index (χ1n) is 7.15. The van der Waals surface area contributed by atoms with Gasteiger partial charge in [0.15, 0.2) is 5.58 Å². The van der Waals surface area contributed by atoms with Gasteiger partial charge in [-0.15, -0.1) is 12.4 Å². The van der Waals surface area contributed by atoms with Crippen molar-refractivity contribution >= 4 is 35.3 Å². The standard InChI is InChI=1S/C15H20N2O2S.ClH/c1-18-12-5-6-13-14(11-12)19-15(16-13)20-10-9-17-7-3-2-4-8-17;/h5-6,11H,2-4,7-10H2,1H3;1H. The number of hydrogen-bond acceptors (Lipinski definition) is 5. The van der Waals surface area contributed by atoms with Crippen LogP contribution in [0.4, 0.5) is 0 Å². The molecule has 1 aromatic carbocycles. The van der Waals surface area contributed by atoms with Gasteiger partial charge in [-0.2, -0.15) is 0 Å². The lowest BCUT2D eigenvalue weighted by Gasteiger charge is -2.25. The number of benzene rings is 1. The van der Waals surface area contributed by atoms with E-state index in [0.29, 0.717) is 0 Å². The molecule has 21 heavy (non-hydrogen) atoms. The van der Waals surface area contributed by atoms with Crippen molar-refractivity contribution in [1.29, 1.82) is 0 Å². The number of thioether (sulfide) groups is 1. The molecular formula is C15H21ClN2O2S. The summed E-state index contributed by atoms with van der Waals surface area (Å²) in [4.78, 5) is 7.02. The number of nitrogens with zero attached hydrogens (tertiary/aromatic N) is 2. The largest absolute Gasteiger partial charge is 0.497 e. The molecular weight excluding hydrogens is 308 g/mol. The van der Waals surface area contributed by atoms with Crippen LogP contribution >= 0.6 is 24.2 Å². The van der Waals surface area contributed by atoms with E-state index < -0.39 is 0 Å². The SMILES string of the molecule is COc1ccc2nc(SCCN3CCCCC3)oc2c1.Cl. The van der Waals surface area contributed by atoms with Crippen LogP contribution in [0.1, 0.15) is 19.3 Å². The number of methoxy groups -OCH3 is 1. The maximum Gasteiger partial charge on any atom is 0.256 e. The molecule has 0 aliphatic carbocycles. The minimum atomic E-state index is 0. The quantitative estimate of drug-likeness (QED) is 0.780. The Morgan fingerprint density at radius 1 is 1.29 bits per heavy atom. The molecule has 0 N–H and O–H groups in total. The maximum atomic E-state index is 5.75. The van der Waals surface area contributed by atoms with Crippen molar-refractivity contribution in [2.24, 2.45) is 0 Å². The summed E-state index contributed by atoms with van der Waals surface area (Å²) in [5, 5.41) is 0.755. The molecule has 1 aliphatic heterocycles. The van der Waals surface area contributed by atoms with E-state index in [4.69, 9.17) is 9.15 Å². The fourth-order valence-electron chi connectivity index (χ4n) is 2.52. The van der Waals surface area contributed by atoms with Gasteiger partial charge in [-0.05, 0) is 38.1 Å². The van der Waals surface area contributed by atoms with E-state index in [1.165, 1.54) is 32.4 Å². The summed E-state index contributed by atoms with van der Waals surface area (Å²) in [7, 11) is 1.66. The Morgan fingerprint density at radius 2 is 2.10 bits per heavy atom. The molecule has 6 heteroatoms. The molecule has 2 heterocycles. The van der Waals surface area contributed by atoms with E-state index in [-0.39, 0.29) is 12.4 Å². The summed E-state index contributed by atoms with van der Waals surface area (Å²) in [5.74, 6) is 1.84. The van der Waals surface area contributed by atoms with Gasteiger partial charge in [-0.3, -0.25) is 0 Å². The Bertz CT molecular complexity index is 570. The van der Waals surface area contributed by atoms with Gasteiger partial charge >= 0.3 is 0 Å².